The molecule has 4 N–H and O–H groups in total. The van der Waals surface area contributed by atoms with Gasteiger partial charge in [0.15, 0.2) is 5.11 Å². The quantitative estimate of drug-likeness (QED) is 0.190. The molecule has 0 aliphatic rings. The first kappa shape index (κ1) is 15.0. The van der Waals surface area contributed by atoms with E-state index in [1.807, 2.05) is 0 Å². The van der Waals surface area contributed by atoms with Crippen LogP contribution in [-0.2, 0) is 4.57 Å². The topological polar surface area (TPSA) is 87.7 Å². The molecule has 0 amide bonds. The molecule has 1 unspecified atom stereocenters. The molecule has 0 radical (unpaired) electrons. The van der Waals surface area contributed by atoms with Crippen molar-refractivity contribution in [2.75, 3.05) is 6.66 Å². The second kappa shape index (κ2) is 6.07. The minimum absolute atomic E-state index is 0. The molecular weight excluding hydrogens is 208 g/mol. The Morgan fingerprint density at radius 3 is 2.42 bits per heavy atom. The molecule has 0 rings (SSSR count). The van der Waals surface area contributed by atoms with E-state index in [1.165, 1.54) is 13.6 Å². The van der Waals surface area contributed by atoms with Crippen molar-refractivity contribution in [1.82, 2.24) is 5.43 Å². The van der Waals surface area contributed by atoms with E-state index < -0.39 is 7.37 Å². The number of nitrogens with zero attached hydrogens (tertiary/aromatic N) is 1. The van der Waals surface area contributed by atoms with Gasteiger partial charge in [0, 0.05) is 6.66 Å². The first-order valence-corrected chi connectivity index (χ1v) is 5.26. The van der Waals surface area contributed by atoms with Gasteiger partial charge in [-0.1, -0.05) is 0 Å². The Morgan fingerprint density at radius 1 is 1.75 bits per heavy atom. The summed E-state index contributed by atoms with van der Waals surface area (Å²) in [5.41, 5.74) is 7.33. The van der Waals surface area contributed by atoms with Gasteiger partial charge in [0.2, 0.25) is 7.37 Å². The monoisotopic (exact) mass is 219 g/mol. The molecule has 0 saturated heterocycles. The Balaban J connectivity index is 0. The van der Waals surface area contributed by atoms with Gasteiger partial charge in [-0.15, -0.1) is 0 Å². The van der Waals surface area contributed by atoms with Gasteiger partial charge in [0.25, 0.3) is 0 Å². The van der Waals surface area contributed by atoms with Gasteiger partial charge in [-0.3, -0.25) is 9.99 Å². The average molecular weight is 219 g/mol. The van der Waals surface area contributed by atoms with Crippen molar-refractivity contribution in [3.05, 3.63) is 0 Å². The van der Waals surface area contributed by atoms with Crippen LogP contribution in [0, 0.1) is 0 Å². The van der Waals surface area contributed by atoms with Crippen molar-refractivity contribution < 1.29 is 9.46 Å². The van der Waals surface area contributed by atoms with Crippen LogP contribution in [0.15, 0.2) is 5.10 Å². The van der Waals surface area contributed by atoms with E-state index in [0.29, 0.717) is 0 Å². The number of rotatable bonds is 2. The maximum atomic E-state index is 10.8. The third kappa shape index (κ3) is 7.21. The fourth-order valence-corrected chi connectivity index (χ4v) is 0.510. The SMILES string of the molecule is CC(=NNC(N)=S)P(C)(=O)O.[NaH]. The molecule has 0 aromatic rings. The number of nitrogens with two attached hydrogens (primary N) is 1. The van der Waals surface area contributed by atoms with Crippen LogP contribution in [0.2, 0.25) is 0 Å². The number of hydrazone groups is 1. The normalized spacial score (nSPS) is 15.8. The molecule has 0 bridgehead atoms. The van der Waals surface area contributed by atoms with E-state index in [0.717, 1.165) is 0 Å². The first-order chi connectivity index (χ1) is 4.84. The summed E-state index contributed by atoms with van der Waals surface area (Å²) in [6, 6.07) is 0. The van der Waals surface area contributed by atoms with E-state index in [4.69, 9.17) is 10.6 Å². The Kier molecular flexibility index (Phi) is 7.61. The van der Waals surface area contributed by atoms with E-state index in [9.17, 15) is 4.57 Å². The predicted octanol–water partition coefficient (Wildman–Crippen LogP) is -0.595. The maximum absolute atomic E-state index is 10.8. The Labute approximate surface area is 98.5 Å². The third-order valence-electron chi connectivity index (χ3n) is 0.928. The zero-order chi connectivity index (χ0) is 9.07. The van der Waals surface area contributed by atoms with Gasteiger partial charge in [0.1, 0.15) is 5.45 Å². The van der Waals surface area contributed by atoms with Gasteiger partial charge in [-0.2, -0.15) is 5.10 Å². The second-order valence-electron chi connectivity index (χ2n) is 2.01. The zero-order valence-corrected chi connectivity index (χ0v) is 7.95. The summed E-state index contributed by atoms with van der Waals surface area (Å²) < 4.78 is 10.8. The molecule has 12 heavy (non-hydrogen) atoms. The van der Waals surface area contributed by atoms with Gasteiger partial charge in [0.05, 0.1) is 0 Å². The van der Waals surface area contributed by atoms with Crippen LogP contribution in [0.5, 0.6) is 0 Å². The summed E-state index contributed by atoms with van der Waals surface area (Å²) in [5.74, 6) is 0. The average Bonchev–Trinajstić information content (AvgIpc) is 1.80. The van der Waals surface area contributed by atoms with Gasteiger partial charge >= 0.3 is 29.6 Å². The Morgan fingerprint density at radius 2 is 2.17 bits per heavy atom. The van der Waals surface area contributed by atoms with Crippen LogP contribution in [0.4, 0.5) is 0 Å². The summed E-state index contributed by atoms with van der Waals surface area (Å²) in [5, 5.41) is 3.45. The molecule has 0 saturated carbocycles. The molecule has 0 spiro atoms. The van der Waals surface area contributed by atoms with E-state index in [1.54, 1.807) is 0 Å². The van der Waals surface area contributed by atoms with Crippen molar-refractivity contribution >= 4 is 59.7 Å². The summed E-state index contributed by atoms with van der Waals surface area (Å²) in [7, 11) is -3.24. The number of hydrogen-bond donors (Lipinski definition) is 3. The fourth-order valence-electron chi connectivity index (χ4n) is 0.229. The first-order valence-electron chi connectivity index (χ1n) is 2.74. The van der Waals surface area contributed by atoms with Crippen LogP contribution < -0.4 is 11.2 Å². The number of thiocarbonyl (C=S) groups is 1. The van der Waals surface area contributed by atoms with Gasteiger partial charge in [-0.25, -0.2) is 0 Å². The van der Waals surface area contributed by atoms with E-state index in [-0.39, 0.29) is 40.1 Å². The molecule has 8 heteroatoms. The molecule has 0 heterocycles. The van der Waals surface area contributed by atoms with Crippen LogP contribution in [-0.4, -0.2) is 51.7 Å². The van der Waals surface area contributed by atoms with Crippen molar-refractivity contribution in [2.45, 2.75) is 6.92 Å². The van der Waals surface area contributed by atoms with Crippen molar-refractivity contribution in [3.63, 3.8) is 0 Å². The molecule has 0 aromatic heterocycles. The summed E-state index contributed by atoms with van der Waals surface area (Å²) >= 11 is 4.43. The zero-order valence-electron chi connectivity index (χ0n) is 6.24. The molecule has 0 aliphatic carbocycles. The van der Waals surface area contributed by atoms with E-state index >= 15 is 0 Å². The second-order valence-corrected chi connectivity index (χ2v) is 4.86. The van der Waals surface area contributed by atoms with Crippen LogP contribution in [0.25, 0.3) is 0 Å². The molecule has 5 nitrogen and oxygen atoms in total. The van der Waals surface area contributed by atoms with Gasteiger partial charge < -0.3 is 10.6 Å². The molecular formula is C4H11N3NaO2PS. The number of hydrogen-bond acceptors (Lipinski definition) is 3. The van der Waals surface area contributed by atoms with Crippen LogP contribution >= 0.6 is 19.6 Å². The predicted molar refractivity (Wildman–Crippen MR) is 55.9 cm³/mol. The summed E-state index contributed by atoms with van der Waals surface area (Å²) in [4.78, 5) is 8.90. The molecule has 0 fully saturated rings. The Hall–Kier alpha value is 0.550. The van der Waals surface area contributed by atoms with Crippen molar-refractivity contribution in [3.8, 4) is 0 Å². The number of nitrogens with one attached hydrogen (secondary N) is 1. The molecule has 0 aliphatic heterocycles. The standard InChI is InChI=1S/C4H10N3O2PS.Na.H/c1-3(10(2,8)9)6-7-4(5)11;;/h1-2H3,(H,8,9)(H3,5,7,11);;. The minimum atomic E-state index is -3.24. The summed E-state index contributed by atoms with van der Waals surface area (Å²) in [6.45, 7) is 2.61. The molecule has 1 atom stereocenters. The Bertz CT molecular complexity index is 238. The van der Waals surface area contributed by atoms with Crippen molar-refractivity contribution in [1.29, 1.82) is 0 Å². The van der Waals surface area contributed by atoms with Crippen LogP contribution in [0.3, 0.4) is 0 Å². The third-order valence-corrected chi connectivity index (χ3v) is 2.32. The van der Waals surface area contributed by atoms with Gasteiger partial charge in [-0.05, 0) is 19.1 Å². The van der Waals surface area contributed by atoms with Crippen molar-refractivity contribution in [2.24, 2.45) is 10.8 Å². The van der Waals surface area contributed by atoms with E-state index in [2.05, 4.69) is 22.7 Å². The summed E-state index contributed by atoms with van der Waals surface area (Å²) in [6.07, 6.45) is 0. The molecule has 66 valence electrons. The fraction of sp³-hybridized carbons (Fsp3) is 0.500. The molecule has 0 aromatic carbocycles. The van der Waals surface area contributed by atoms with Crippen LogP contribution in [0.1, 0.15) is 6.92 Å².